The smallest absolute Gasteiger partial charge is 0.186 e. The molecule has 2 aliphatic rings. The first-order valence-electron chi connectivity index (χ1n) is 5.79. The van der Waals surface area contributed by atoms with Crippen LogP contribution in [-0.4, -0.2) is 13.2 Å². The zero-order valence-corrected chi connectivity index (χ0v) is 9.48. The normalized spacial score (nSPS) is 22.3. The number of hydrogen-bond donors (Lipinski definition) is 1. The lowest BCUT2D eigenvalue weighted by molar-refractivity contribution is -0.0435. The lowest BCUT2D eigenvalue weighted by atomic mass is 9.95. The van der Waals surface area contributed by atoms with Crippen molar-refractivity contribution in [3.63, 3.8) is 0 Å². The highest BCUT2D eigenvalue weighted by molar-refractivity contribution is 5.54. The summed E-state index contributed by atoms with van der Waals surface area (Å²) in [5.74, 6) is 0. The molecule has 1 heterocycles. The van der Waals surface area contributed by atoms with Gasteiger partial charge in [-0.3, -0.25) is 0 Å². The van der Waals surface area contributed by atoms with Crippen molar-refractivity contribution in [2.75, 3.05) is 18.9 Å². The largest absolute Gasteiger partial charge is 0.398 e. The zero-order valence-electron chi connectivity index (χ0n) is 9.48. The van der Waals surface area contributed by atoms with E-state index in [0.717, 1.165) is 24.0 Å². The highest BCUT2D eigenvalue weighted by Crippen LogP contribution is 2.48. The number of rotatable bonds is 2. The highest BCUT2D eigenvalue weighted by atomic mass is 16.7. The predicted molar refractivity (Wildman–Crippen MR) is 62.0 cm³/mol. The quantitative estimate of drug-likeness (QED) is 0.787. The SMILES string of the molecule is N#CC1(c2ccc(C3OCCO3)c(N)c2)CC1. The summed E-state index contributed by atoms with van der Waals surface area (Å²) < 4.78 is 10.8. The fraction of sp³-hybridized carbons (Fsp3) is 0.462. The Balaban J connectivity index is 1.92. The second-order valence-corrected chi connectivity index (χ2v) is 4.61. The van der Waals surface area contributed by atoms with Crippen LogP contribution in [0, 0.1) is 11.3 Å². The summed E-state index contributed by atoms with van der Waals surface area (Å²) in [6.45, 7) is 1.21. The fourth-order valence-corrected chi connectivity index (χ4v) is 2.22. The molecule has 0 spiro atoms. The fourth-order valence-electron chi connectivity index (χ4n) is 2.22. The molecule has 1 saturated heterocycles. The third kappa shape index (κ3) is 1.68. The molecule has 0 unspecified atom stereocenters. The minimum absolute atomic E-state index is 0.288. The van der Waals surface area contributed by atoms with Gasteiger partial charge in [-0.15, -0.1) is 0 Å². The van der Waals surface area contributed by atoms with E-state index in [1.54, 1.807) is 0 Å². The van der Waals surface area contributed by atoms with Crippen molar-refractivity contribution < 1.29 is 9.47 Å². The van der Waals surface area contributed by atoms with Gasteiger partial charge < -0.3 is 15.2 Å². The molecule has 1 aliphatic heterocycles. The van der Waals surface area contributed by atoms with Gasteiger partial charge in [0.2, 0.25) is 0 Å². The Kier molecular flexibility index (Phi) is 2.32. The second kappa shape index (κ2) is 3.73. The number of ether oxygens (including phenoxy) is 2. The lowest BCUT2D eigenvalue weighted by Gasteiger charge is -2.14. The van der Waals surface area contributed by atoms with Crippen molar-refractivity contribution in [1.29, 1.82) is 5.26 Å². The zero-order chi connectivity index (χ0) is 11.9. The molecule has 0 bridgehead atoms. The van der Waals surface area contributed by atoms with Crippen LogP contribution in [0.5, 0.6) is 0 Å². The maximum Gasteiger partial charge on any atom is 0.186 e. The first kappa shape index (κ1) is 10.6. The Bertz CT molecular complexity index is 483. The Morgan fingerprint density at radius 3 is 2.53 bits per heavy atom. The summed E-state index contributed by atoms with van der Waals surface area (Å²) in [5.41, 5.74) is 8.25. The van der Waals surface area contributed by atoms with Crippen molar-refractivity contribution >= 4 is 5.69 Å². The molecule has 0 aromatic heterocycles. The van der Waals surface area contributed by atoms with Gasteiger partial charge >= 0.3 is 0 Å². The maximum atomic E-state index is 9.14. The number of hydrogen-bond acceptors (Lipinski definition) is 4. The third-order valence-electron chi connectivity index (χ3n) is 3.48. The van der Waals surface area contributed by atoms with E-state index in [0.29, 0.717) is 18.9 Å². The molecule has 1 aliphatic carbocycles. The van der Waals surface area contributed by atoms with Gasteiger partial charge in [-0.25, -0.2) is 0 Å². The Labute approximate surface area is 99.9 Å². The Morgan fingerprint density at radius 1 is 1.29 bits per heavy atom. The molecule has 88 valence electrons. The van der Waals surface area contributed by atoms with Gasteiger partial charge in [-0.1, -0.05) is 12.1 Å². The topological polar surface area (TPSA) is 68.3 Å². The van der Waals surface area contributed by atoms with Crippen LogP contribution in [-0.2, 0) is 14.9 Å². The van der Waals surface area contributed by atoms with E-state index >= 15 is 0 Å². The summed E-state index contributed by atoms with van der Waals surface area (Å²) in [6, 6.07) is 8.13. The molecule has 2 fully saturated rings. The van der Waals surface area contributed by atoms with Crippen LogP contribution in [0.15, 0.2) is 18.2 Å². The molecular weight excluding hydrogens is 216 g/mol. The molecule has 4 nitrogen and oxygen atoms in total. The lowest BCUT2D eigenvalue weighted by Crippen LogP contribution is -2.07. The van der Waals surface area contributed by atoms with Crippen LogP contribution in [0.1, 0.15) is 30.3 Å². The van der Waals surface area contributed by atoms with Gasteiger partial charge in [0.05, 0.1) is 24.7 Å². The molecule has 0 radical (unpaired) electrons. The summed E-state index contributed by atoms with van der Waals surface area (Å²) >= 11 is 0. The number of nitrogens with two attached hydrogens (primary N) is 1. The Hall–Kier alpha value is -1.57. The average molecular weight is 230 g/mol. The van der Waals surface area contributed by atoms with Gasteiger partial charge in [-0.05, 0) is 24.5 Å². The first-order chi connectivity index (χ1) is 8.25. The van der Waals surface area contributed by atoms with Crippen LogP contribution < -0.4 is 5.73 Å². The molecule has 1 aromatic rings. The number of nitriles is 1. The standard InChI is InChI=1S/C13H14N2O2/c14-8-13(3-4-13)9-1-2-10(11(15)7-9)12-16-5-6-17-12/h1-2,7,12H,3-6,15H2. The first-order valence-corrected chi connectivity index (χ1v) is 5.79. The third-order valence-corrected chi connectivity index (χ3v) is 3.48. The molecule has 4 heteroatoms. The summed E-state index contributed by atoms with van der Waals surface area (Å²) in [4.78, 5) is 0. The van der Waals surface area contributed by atoms with Crippen LogP contribution in [0.4, 0.5) is 5.69 Å². The van der Waals surface area contributed by atoms with Gasteiger partial charge in [0, 0.05) is 11.3 Å². The van der Waals surface area contributed by atoms with Crippen molar-refractivity contribution in [2.24, 2.45) is 0 Å². The number of nitrogen functional groups attached to an aromatic ring is 1. The van der Waals surface area contributed by atoms with E-state index in [2.05, 4.69) is 6.07 Å². The molecule has 1 saturated carbocycles. The van der Waals surface area contributed by atoms with E-state index in [1.807, 2.05) is 18.2 Å². The van der Waals surface area contributed by atoms with Gasteiger partial charge in [-0.2, -0.15) is 5.26 Å². The van der Waals surface area contributed by atoms with Crippen molar-refractivity contribution in [3.8, 4) is 6.07 Å². The molecular formula is C13H14N2O2. The summed E-state index contributed by atoms with van der Waals surface area (Å²) in [6.07, 6.45) is 1.51. The average Bonchev–Trinajstić information content (AvgIpc) is 2.97. The summed E-state index contributed by atoms with van der Waals surface area (Å²) in [5, 5.41) is 9.14. The van der Waals surface area contributed by atoms with Gasteiger partial charge in [0.25, 0.3) is 0 Å². The van der Waals surface area contributed by atoms with E-state index < -0.39 is 0 Å². The highest BCUT2D eigenvalue weighted by Gasteiger charge is 2.45. The van der Waals surface area contributed by atoms with E-state index in [1.165, 1.54) is 0 Å². The van der Waals surface area contributed by atoms with Crippen molar-refractivity contribution in [2.45, 2.75) is 24.5 Å². The van der Waals surface area contributed by atoms with E-state index in [4.69, 9.17) is 20.5 Å². The predicted octanol–water partition coefficient (Wildman–Crippen LogP) is 1.87. The van der Waals surface area contributed by atoms with Gasteiger partial charge in [0.15, 0.2) is 6.29 Å². The molecule has 0 atom stereocenters. The molecule has 3 rings (SSSR count). The molecule has 17 heavy (non-hydrogen) atoms. The minimum atomic E-state index is -0.346. The van der Waals surface area contributed by atoms with E-state index in [-0.39, 0.29) is 11.7 Å². The van der Waals surface area contributed by atoms with Crippen molar-refractivity contribution in [3.05, 3.63) is 29.3 Å². The van der Waals surface area contributed by atoms with Crippen LogP contribution >= 0.6 is 0 Å². The monoisotopic (exact) mass is 230 g/mol. The van der Waals surface area contributed by atoms with E-state index in [9.17, 15) is 0 Å². The number of benzene rings is 1. The second-order valence-electron chi connectivity index (χ2n) is 4.61. The van der Waals surface area contributed by atoms with Crippen LogP contribution in [0.25, 0.3) is 0 Å². The molecule has 2 N–H and O–H groups in total. The van der Waals surface area contributed by atoms with Crippen molar-refractivity contribution in [1.82, 2.24) is 0 Å². The van der Waals surface area contributed by atoms with Crippen LogP contribution in [0.3, 0.4) is 0 Å². The molecule has 1 aromatic carbocycles. The number of anilines is 1. The van der Waals surface area contributed by atoms with Crippen LogP contribution in [0.2, 0.25) is 0 Å². The van der Waals surface area contributed by atoms with Gasteiger partial charge in [0.1, 0.15) is 0 Å². The number of nitrogens with zero attached hydrogens (tertiary/aromatic N) is 1. The minimum Gasteiger partial charge on any atom is -0.398 e. The molecule has 0 amide bonds. The Morgan fingerprint density at radius 2 is 2.00 bits per heavy atom. The maximum absolute atomic E-state index is 9.14. The summed E-state index contributed by atoms with van der Waals surface area (Å²) in [7, 11) is 0.